The van der Waals surface area contributed by atoms with Gasteiger partial charge in [-0.1, -0.05) is 48.4 Å². The van der Waals surface area contributed by atoms with Crippen LogP contribution in [0.25, 0.3) is 0 Å². The smallest absolute Gasteiger partial charge is 0.125 e. The molecule has 0 unspecified atom stereocenters. The van der Waals surface area contributed by atoms with Crippen LogP contribution < -0.4 is 10.1 Å². The topological polar surface area (TPSA) is 21.3 Å². The number of hydrogen-bond acceptors (Lipinski definition) is 2. The van der Waals surface area contributed by atoms with Gasteiger partial charge in [-0.15, -0.1) is 0 Å². The average molecular weight is 265 g/mol. The largest absolute Gasteiger partial charge is 0.485 e. The lowest BCUT2D eigenvalue weighted by molar-refractivity contribution is 0.193. The third-order valence-corrected chi connectivity index (χ3v) is 2.58. The minimum Gasteiger partial charge on any atom is -0.485 e. The van der Waals surface area contributed by atoms with Gasteiger partial charge in [-0.3, -0.25) is 0 Å². The zero-order valence-corrected chi connectivity index (χ0v) is 10.6. The third kappa shape index (κ3) is 3.83. The number of aryl methyl sites for hydroxylation is 1. The maximum absolute atomic E-state index is 8.17. The van der Waals surface area contributed by atoms with Crippen LogP contribution in [0.2, 0.25) is 0 Å². The molecule has 0 radical (unpaired) electrons. The van der Waals surface area contributed by atoms with Crippen LogP contribution in [0.4, 0.5) is 0 Å². The van der Waals surface area contributed by atoms with Crippen molar-refractivity contribution in [2.24, 2.45) is 0 Å². The fourth-order valence-corrected chi connectivity index (χ4v) is 1.61. The van der Waals surface area contributed by atoms with E-state index in [1.807, 2.05) is 0 Å². The molecule has 19 heavy (non-hydrogen) atoms. The lowest BCUT2D eigenvalue weighted by Gasteiger charge is -2.20. The van der Waals surface area contributed by atoms with Crippen LogP contribution in [-0.4, -0.2) is 13.5 Å². The molecule has 0 aliphatic rings. The van der Waals surface area contributed by atoms with Crippen molar-refractivity contribution in [2.45, 2.75) is 19.4 Å². The fourth-order valence-electron chi connectivity index (χ4n) is 1.61. The van der Waals surface area contributed by atoms with Gasteiger partial charge in [0.05, 0.1) is 9.60 Å². The van der Waals surface area contributed by atoms with Gasteiger partial charge in [-0.2, -0.15) is 0 Å². The second-order valence-electron chi connectivity index (χ2n) is 3.97. The first-order valence-corrected chi connectivity index (χ1v) is 5.90. The lowest BCUT2D eigenvalue weighted by atomic mass is 10.1. The Bertz CT molecular complexity index is 860. The molecule has 0 fully saturated rings. The van der Waals surface area contributed by atoms with E-state index in [1.54, 1.807) is 6.92 Å². The summed E-state index contributed by atoms with van der Waals surface area (Å²) in [5.41, 5.74) is 0.362. The summed E-state index contributed by atoms with van der Waals surface area (Å²) >= 11 is 0. The van der Waals surface area contributed by atoms with Crippen molar-refractivity contribution in [2.75, 3.05) is 13.5 Å². The van der Waals surface area contributed by atoms with E-state index in [1.165, 1.54) is 12.1 Å². The molecule has 0 spiro atoms. The maximum atomic E-state index is 8.17. The molecule has 2 aromatic rings. The average Bonchev–Trinajstić information content (AvgIpc) is 2.59. The van der Waals surface area contributed by atoms with Gasteiger partial charge in [0, 0.05) is 10.5 Å². The standard InChI is InChI=1S/C17H21NO/c1-14-8-6-7-11-16(14)19-17(12-13-18-2)15-9-4-3-5-10-15/h3-11,17-18H,12-13H2,1-2H3/t17-/m1/s1/i2D3,3D,4D,5D,6D,9D,10D,11D. The van der Waals surface area contributed by atoms with Crippen LogP contribution in [0.1, 0.15) is 37.4 Å². The van der Waals surface area contributed by atoms with Gasteiger partial charge in [0.15, 0.2) is 0 Å². The van der Waals surface area contributed by atoms with Crippen LogP contribution >= 0.6 is 0 Å². The number of para-hydroxylation sites is 1. The summed E-state index contributed by atoms with van der Waals surface area (Å²) in [5, 5.41) is 2.32. The first kappa shape index (κ1) is 5.68. The Labute approximate surface area is 129 Å². The van der Waals surface area contributed by atoms with Gasteiger partial charge in [0.2, 0.25) is 0 Å². The molecule has 0 aliphatic heterocycles. The van der Waals surface area contributed by atoms with Crippen molar-refractivity contribution >= 4 is 0 Å². The number of rotatable bonds is 6. The molecule has 2 nitrogen and oxygen atoms in total. The van der Waals surface area contributed by atoms with Gasteiger partial charge in [-0.25, -0.2) is 0 Å². The highest BCUT2D eigenvalue weighted by Gasteiger charge is 2.13. The fraction of sp³-hybridized carbons (Fsp3) is 0.294. The van der Waals surface area contributed by atoms with E-state index in [4.69, 9.17) is 18.4 Å². The van der Waals surface area contributed by atoms with Crippen LogP contribution in [0.15, 0.2) is 54.4 Å². The molecule has 0 aromatic heterocycles. The number of nitrogens with one attached hydrogen (secondary N) is 1. The first-order valence-electron chi connectivity index (χ1n) is 10.9. The predicted octanol–water partition coefficient (Wildman–Crippen LogP) is 3.72. The van der Waals surface area contributed by atoms with E-state index in [9.17, 15) is 0 Å². The molecule has 0 amide bonds. The Morgan fingerprint density at radius 1 is 1.26 bits per heavy atom. The van der Waals surface area contributed by atoms with Gasteiger partial charge in [0.1, 0.15) is 11.9 Å². The molecule has 2 aromatic carbocycles. The molecule has 2 heteroatoms. The summed E-state index contributed by atoms with van der Waals surface area (Å²) in [6.07, 6.45) is -1.12. The van der Waals surface area contributed by atoms with Crippen molar-refractivity contribution < 1.29 is 18.4 Å². The molecule has 0 saturated carbocycles. The normalized spacial score (nSPS) is 20.3. The number of benzene rings is 2. The second kappa shape index (κ2) is 6.95. The van der Waals surface area contributed by atoms with Crippen LogP contribution in [0.3, 0.4) is 0 Å². The van der Waals surface area contributed by atoms with Crippen LogP contribution in [0, 0.1) is 6.92 Å². The van der Waals surface area contributed by atoms with E-state index in [2.05, 4.69) is 5.32 Å². The molecular formula is C17H21NO. The SMILES string of the molecule is [2H]c1cc([2H])c(O[C@H](CCNC([2H])([2H])[2H])c2c([2H])c([2H])c([2H])c([2H])c2[2H])c(C)c1. The summed E-state index contributed by atoms with van der Waals surface area (Å²) in [6, 6.07) is 0.283. The Balaban J connectivity index is 2.52. The second-order valence-corrected chi connectivity index (χ2v) is 3.97. The van der Waals surface area contributed by atoms with Gasteiger partial charge in [-0.05, 0) is 37.6 Å². The minimum atomic E-state index is -2.41. The molecule has 0 heterocycles. The summed E-state index contributed by atoms with van der Waals surface area (Å²) in [7, 11) is 0. The highest BCUT2D eigenvalue weighted by Crippen LogP contribution is 2.26. The third-order valence-electron chi connectivity index (χ3n) is 2.58. The quantitative estimate of drug-likeness (QED) is 0.859. The van der Waals surface area contributed by atoms with Crippen molar-refractivity contribution in [3.05, 3.63) is 65.6 Å². The summed E-state index contributed by atoms with van der Waals surface area (Å²) in [6.45, 7) is -0.856. The maximum Gasteiger partial charge on any atom is 0.125 e. The zero-order valence-electron chi connectivity index (χ0n) is 20.6. The Hall–Kier alpha value is -1.80. The number of hydrogen-bond donors (Lipinski definition) is 1. The molecule has 100 valence electrons. The van der Waals surface area contributed by atoms with E-state index in [0.29, 0.717) is 5.56 Å². The van der Waals surface area contributed by atoms with Crippen LogP contribution in [-0.2, 0) is 0 Å². The molecule has 2 rings (SSSR count). The Morgan fingerprint density at radius 2 is 2.11 bits per heavy atom. The van der Waals surface area contributed by atoms with E-state index < -0.39 is 43.3 Å². The van der Waals surface area contributed by atoms with Gasteiger partial charge < -0.3 is 10.1 Å². The molecular weight excluding hydrogens is 234 g/mol. The van der Waals surface area contributed by atoms with E-state index in [-0.39, 0.29) is 36.4 Å². The summed E-state index contributed by atoms with van der Waals surface area (Å²) in [4.78, 5) is 0. The molecule has 0 aliphatic carbocycles. The van der Waals surface area contributed by atoms with Crippen molar-refractivity contribution in [3.8, 4) is 5.75 Å². The summed E-state index contributed by atoms with van der Waals surface area (Å²) in [5.74, 6) is 0.103. The van der Waals surface area contributed by atoms with E-state index >= 15 is 0 Å². The number of ether oxygens (including phenoxy) is 1. The Morgan fingerprint density at radius 3 is 2.84 bits per heavy atom. The minimum absolute atomic E-state index is 0.0200. The lowest BCUT2D eigenvalue weighted by Crippen LogP contribution is -2.16. The molecule has 0 saturated heterocycles. The Kier molecular flexibility index (Phi) is 2.08. The molecule has 1 N–H and O–H groups in total. The highest BCUT2D eigenvalue weighted by molar-refractivity contribution is 5.33. The van der Waals surface area contributed by atoms with Gasteiger partial charge in [0.25, 0.3) is 0 Å². The summed E-state index contributed by atoms with van der Waals surface area (Å²) < 4.78 is 83.2. The van der Waals surface area contributed by atoms with Crippen molar-refractivity contribution in [3.63, 3.8) is 0 Å². The van der Waals surface area contributed by atoms with Gasteiger partial charge >= 0.3 is 0 Å². The molecule has 0 bridgehead atoms. The zero-order chi connectivity index (χ0) is 22.1. The van der Waals surface area contributed by atoms with E-state index in [0.717, 1.165) is 0 Å². The first-order chi connectivity index (χ1) is 13.3. The molecule has 1 atom stereocenters. The highest BCUT2D eigenvalue weighted by atomic mass is 16.5. The van der Waals surface area contributed by atoms with Crippen molar-refractivity contribution in [1.29, 1.82) is 0 Å². The predicted molar refractivity (Wildman–Crippen MR) is 79.5 cm³/mol. The monoisotopic (exact) mass is 265 g/mol. The van der Waals surface area contributed by atoms with Crippen LogP contribution in [0.5, 0.6) is 5.75 Å². The van der Waals surface area contributed by atoms with Crippen molar-refractivity contribution in [1.82, 2.24) is 5.32 Å².